The number of benzene rings is 1. The summed E-state index contributed by atoms with van der Waals surface area (Å²) in [4.78, 5) is 0. The molecule has 0 bridgehead atoms. The first kappa shape index (κ1) is 9.69. The van der Waals surface area contributed by atoms with Crippen molar-refractivity contribution in [3.05, 3.63) is 34.4 Å². The first-order valence-electron chi connectivity index (χ1n) is 5.02. The van der Waals surface area contributed by atoms with Crippen molar-refractivity contribution >= 4 is 0 Å². The Bertz CT molecular complexity index is 360. The number of ether oxygens (including phenoxy) is 1. The van der Waals surface area contributed by atoms with Crippen molar-refractivity contribution in [1.29, 1.82) is 0 Å². The van der Waals surface area contributed by atoms with E-state index >= 15 is 0 Å². The number of hydrogen-bond acceptors (Lipinski definition) is 2. The zero-order valence-corrected chi connectivity index (χ0v) is 9.00. The van der Waals surface area contributed by atoms with Gasteiger partial charge < -0.3 is 10.5 Å². The molecule has 2 unspecified atom stereocenters. The van der Waals surface area contributed by atoms with Gasteiger partial charge in [0.1, 0.15) is 0 Å². The van der Waals surface area contributed by atoms with Crippen LogP contribution >= 0.6 is 0 Å². The molecule has 0 radical (unpaired) electrons. The summed E-state index contributed by atoms with van der Waals surface area (Å²) in [5, 5.41) is 0. The minimum atomic E-state index is 0.0496. The summed E-state index contributed by atoms with van der Waals surface area (Å²) in [6.07, 6.45) is 1.12. The Kier molecular flexibility index (Phi) is 2.33. The summed E-state index contributed by atoms with van der Waals surface area (Å²) < 4.78 is 5.38. The van der Waals surface area contributed by atoms with Gasteiger partial charge in [-0.05, 0) is 30.5 Å². The predicted octanol–water partition coefficient (Wildman–Crippen LogP) is 1.87. The van der Waals surface area contributed by atoms with Crippen molar-refractivity contribution in [1.82, 2.24) is 0 Å². The fourth-order valence-electron chi connectivity index (χ4n) is 2.36. The third kappa shape index (κ3) is 1.35. The van der Waals surface area contributed by atoms with Crippen LogP contribution < -0.4 is 5.73 Å². The van der Waals surface area contributed by atoms with Gasteiger partial charge >= 0.3 is 0 Å². The largest absolute Gasteiger partial charge is 0.379 e. The fraction of sp³-hybridized carbons (Fsp3) is 0.500. The summed E-state index contributed by atoms with van der Waals surface area (Å²) in [5.74, 6) is 0. The van der Waals surface area contributed by atoms with Gasteiger partial charge in [-0.15, -0.1) is 0 Å². The fourth-order valence-corrected chi connectivity index (χ4v) is 2.36. The van der Waals surface area contributed by atoms with Crippen LogP contribution in [0.1, 0.15) is 28.3 Å². The molecule has 1 aromatic carbocycles. The van der Waals surface area contributed by atoms with E-state index in [9.17, 15) is 0 Å². The van der Waals surface area contributed by atoms with Crippen LogP contribution in [0.4, 0.5) is 0 Å². The van der Waals surface area contributed by atoms with Crippen molar-refractivity contribution in [2.24, 2.45) is 5.73 Å². The van der Waals surface area contributed by atoms with Crippen molar-refractivity contribution in [2.45, 2.75) is 32.4 Å². The lowest BCUT2D eigenvalue weighted by molar-refractivity contribution is 0.0906. The lowest BCUT2D eigenvalue weighted by Crippen LogP contribution is -2.23. The van der Waals surface area contributed by atoms with Gasteiger partial charge in [-0.25, -0.2) is 0 Å². The summed E-state index contributed by atoms with van der Waals surface area (Å²) in [5.41, 5.74) is 11.4. The molecular formula is C12H17NO. The molecule has 0 fully saturated rings. The Balaban J connectivity index is 2.48. The summed E-state index contributed by atoms with van der Waals surface area (Å²) in [6.45, 7) is 4.26. The smallest absolute Gasteiger partial charge is 0.0804 e. The van der Waals surface area contributed by atoms with Crippen molar-refractivity contribution in [3.63, 3.8) is 0 Å². The Hall–Kier alpha value is -0.860. The van der Waals surface area contributed by atoms with Crippen LogP contribution in [0.5, 0.6) is 0 Å². The molecule has 1 aliphatic rings. The summed E-state index contributed by atoms with van der Waals surface area (Å²) in [6, 6.07) is 4.45. The van der Waals surface area contributed by atoms with Gasteiger partial charge in [-0.2, -0.15) is 0 Å². The standard InChI is InChI=1S/C12H17NO/c1-7-4-8(2)9-6-11(14-3)12(13)10(9)5-7/h4-5,11-12H,6,13H2,1-3H3. The van der Waals surface area contributed by atoms with E-state index in [1.165, 1.54) is 22.3 Å². The number of nitrogens with two attached hydrogens (primary N) is 1. The number of aryl methyl sites for hydroxylation is 2. The van der Waals surface area contributed by atoms with E-state index in [-0.39, 0.29) is 12.1 Å². The highest BCUT2D eigenvalue weighted by molar-refractivity contribution is 5.44. The second-order valence-electron chi connectivity index (χ2n) is 4.15. The minimum Gasteiger partial charge on any atom is -0.379 e. The lowest BCUT2D eigenvalue weighted by Gasteiger charge is -2.13. The van der Waals surface area contributed by atoms with Gasteiger partial charge in [0, 0.05) is 13.5 Å². The summed E-state index contributed by atoms with van der Waals surface area (Å²) in [7, 11) is 1.73. The van der Waals surface area contributed by atoms with Crippen LogP contribution in [0.2, 0.25) is 0 Å². The van der Waals surface area contributed by atoms with Crippen LogP contribution in [-0.4, -0.2) is 13.2 Å². The molecule has 0 saturated heterocycles. The normalized spacial score (nSPS) is 25.1. The topological polar surface area (TPSA) is 35.2 Å². The lowest BCUT2D eigenvalue weighted by atomic mass is 10.0. The molecule has 0 amide bonds. The first-order valence-corrected chi connectivity index (χ1v) is 5.02. The molecule has 0 aromatic heterocycles. The van der Waals surface area contributed by atoms with E-state index in [1.54, 1.807) is 7.11 Å². The molecular weight excluding hydrogens is 174 g/mol. The van der Waals surface area contributed by atoms with Crippen molar-refractivity contribution in [2.75, 3.05) is 7.11 Å². The molecule has 76 valence electrons. The van der Waals surface area contributed by atoms with E-state index in [0.29, 0.717) is 0 Å². The molecule has 2 nitrogen and oxygen atoms in total. The molecule has 14 heavy (non-hydrogen) atoms. The molecule has 0 heterocycles. The molecule has 0 spiro atoms. The average Bonchev–Trinajstić information content (AvgIpc) is 2.44. The van der Waals surface area contributed by atoms with Gasteiger partial charge in [-0.1, -0.05) is 17.7 Å². The maximum atomic E-state index is 6.11. The number of rotatable bonds is 1. The van der Waals surface area contributed by atoms with Gasteiger partial charge in [0.2, 0.25) is 0 Å². The van der Waals surface area contributed by atoms with E-state index in [2.05, 4.69) is 26.0 Å². The second kappa shape index (κ2) is 3.37. The Morgan fingerprint density at radius 2 is 2.07 bits per heavy atom. The van der Waals surface area contributed by atoms with Gasteiger partial charge in [0.25, 0.3) is 0 Å². The molecule has 0 aliphatic heterocycles. The monoisotopic (exact) mass is 191 g/mol. The predicted molar refractivity (Wildman–Crippen MR) is 57.3 cm³/mol. The quantitative estimate of drug-likeness (QED) is 0.735. The van der Waals surface area contributed by atoms with Crippen LogP contribution in [0.3, 0.4) is 0 Å². The first-order chi connectivity index (χ1) is 6.63. The number of fused-ring (bicyclic) bond motifs is 1. The zero-order valence-electron chi connectivity index (χ0n) is 9.00. The van der Waals surface area contributed by atoms with Crippen LogP contribution in [-0.2, 0) is 11.2 Å². The number of hydrogen-bond donors (Lipinski definition) is 1. The third-order valence-electron chi connectivity index (χ3n) is 3.12. The molecule has 1 aliphatic carbocycles. The summed E-state index contributed by atoms with van der Waals surface area (Å²) >= 11 is 0. The van der Waals surface area contributed by atoms with Crippen molar-refractivity contribution < 1.29 is 4.74 Å². The van der Waals surface area contributed by atoms with Crippen molar-refractivity contribution in [3.8, 4) is 0 Å². The third-order valence-corrected chi connectivity index (χ3v) is 3.12. The molecule has 0 saturated carbocycles. The Morgan fingerprint density at radius 1 is 1.36 bits per heavy atom. The van der Waals surface area contributed by atoms with E-state index in [0.717, 1.165) is 6.42 Å². The molecule has 1 aromatic rings. The van der Waals surface area contributed by atoms with Crippen LogP contribution in [0.25, 0.3) is 0 Å². The van der Waals surface area contributed by atoms with E-state index in [4.69, 9.17) is 10.5 Å². The second-order valence-corrected chi connectivity index (χ2v) is 4.15. The highest BCUT2D eigenvalue weighted by atomic mass is 16.5. The zero-order chi connectivity index (χ0) is 10.3. The SMILES string of the molecule is COC1Cc2c(C)cc(C)cc2C1N. The maximum Gasteiger partial charge on any atom is 0.0804 e. The van der Waals surface area contributed by atoms with Gasteiger partial charge in [-0.3, -0.25) is 0 Å². The highest BCUT2D eigenvalue weighted by Crippen LogP contribution is 2.34. The maximum absolute atomic E-state index is 6.11. The molecule has 2 atom stereocenters. The van der Waals surface area contributed by atoms with E-state index in [1.807, 2.05) is 0 Å². The Morgan fingerprint density at radius 3 is 2.71 bits per heavy atom. The molecule has 2 heteroatoms. The van der Waals surface area contributed by atoms with Gasteiger partial charge in [0.15, 0.2) is 0 Å². The Labute approximate surface area is 85.1 Å². The van der Waals surface area contributed by atoms with Crippen LogP contribution in [0, 0.1) is 13.8 Å². The number of methoxy groups -OCH3 is 1. The van der Waals surface area contributed by atoms with Crippen LogP contribution in [0.15, 0.2) is 12.1 Å². The highest BCUT2D eigenvalue weighted by Gasteiger charge is 2.30. The van der Waals surface area contributed by atoms with Gasteiger partial charge in [0.05, 0.1) is 12.1 Å². The minimum absolute atomic E-state index is 0.0496. The average molecular weight is 191 g/mol. The molecule has 2 N–H and O–H groups in total. The van der Waals surface area contributed by atoms with E-state index < -0.39 is 0 Å². The molecule has 2 rings (SSSR count).